The SMILES string of the molecule is Cc1ccc(F)c(C(O)C2COc3ccccc32)c1. The molecule has 3 heteroatoms. The van der Waals surface area contributed by atoms with Crippen LogP contribution < -0.4 is 4.74 Å². The molecular weight excluding hydrogens is 243 g/mol. The Labute approximate surface area is 111 Å². The van der Waals surface area contributed by atoms with Crippen molar-refractivity contribution < 1.29 is 14.2 Å². The van der Waals surface area contributed by atoms with Crippen LogP contribution in [0, 0.1) is 12.7 Å². The summed E-state index contributed by atoms with van der Waals surface area (Å²) in [6.45, 7) is 2.27. The molecule has 2 atom stereocenters. The number of fused-ring (bicyclic) bond motifs is 1. The number of aryl methyl sites for hydroxylation is 1. The van der Waals surface area contributed by atoms with Crippen molar-refractivity contribution in [2.45, 2.75) is 18.9 Å². The Hall–Kier alpha value is -1.87. The van der Waals surface area contributed by atoms with Gasteiger partial charge in [-0.25, -0.2) is 4.39 Å². The lowest BCUT2D eigenvalue weighted by Gasteiger charge is -2.18. The summed E-state index contributed by atoms with van der Waals surface area (Å²) in [4.78, 5) is 0. The van der Waals surface area contributed by atoms with Crippen molar-refractivity contribution in [3.05, 3.63) is 65.0 Å². The van der Waals surface area contributed by atoms with Gasteiger partial charge < -0.3 is 9.84 Å². The molecule has 0 radical (unpaired) electrons. The van der Waals surface area contributed by atoms with E-state index in [2.05, 4.69) is 0 Å². The third-order valence-corrected chi connectivity index (χ3v) is 3.59. The summed E-state index contributed by atoms with van der Waals surface area (Å²) in [6, 6.07) is 12.4. The number of ether oxygens (including phenoxy) is 1. The Kier molecular flexibility index (Phi) is 2.99. The van der Waals surface area contributed by atoms with Gasteiger partial charge in [0.2, 0.25) is 0 Å². The lowest BCUT2D eigenvalue weighted by Crippen LogP contribution is -2.14. The van der Waals surface area contributed by atoms with Gasteiger partial charge in [0, 0.05) is 11.1 Å². The van der Waals surface area contributed by atoms with E-state index in [1.807, 2.05) is 31.2 Å². The van der Waals surface area contributed by atoms with E-state index in [0.717, 1.165) is 16.9 Å². The zero-order valence-electron chi connectivity index (χ0n) is 10.6. The highest BCUT2D eigenvalue weighted by atomic mass is 19.1. The number of aliphatic hydroxyl groups excluding tert-OH is 1. The number of benzene rings is 2. The normalized spacial score (nSPS) is 18.8. The summed E-state index contributed by atoms with van der Waals surface area (Å²) in [6.07, 6.45) is -0.886. The number of hydrogen-bond donors (Lipinski definition) is 1. The van der Waals surface area contributed by atoms with Gasteiger partial charge >= 0.3 is 0 Å². The molecule has 1 heterocycles. The Balaban J connectivity index is 1.97. The van der Waals surface area contributed by atoms with Crippen LogP contribution in [-0.2, 0) is 0 Å². The van der Waals surface area contributed by atoms with Gasteiger partial charge in [-0.1, -0.05) is 35.9 Å². The predicted octanol–water partition coefficient (Wildman–Crippen LogP) is 3.34. The fourth-order valence-electron chi connectivity index (χ4n) is 2.56. The first-order valence-corrected chi connectivity index (χ1v) is 6.32. The van der Waals surface area contributed by atoms with Gasteiger partial charge in [-0.05, 0) is 19.1 Å². The number of hydrogen-bond acceptors (Lipinski definition) is 2. The first-order chi connectivity index (χ1) is 9.16. The van der Waals surface area contributed by atoms with Crippen LogP contribution in [0.15, 0.2) is 42.5 Å². The summed E-state index contributed by atoms with van der Waals surface area (Å²) < 4.78 is 19.4. The molecule has 19 heavy (non-hydrogen) atoms. The second-order valence-electron chi connectivity index (χ2n) is 4.93. The summed E-state index contributed by atoms with van der Waals surface area (Å²) in [5, 5.41) is 10.5. The molecule has 1 aliphatic rings. The lowest BCUT2D eigenvalue weighted by atomic mass is 9.90. The second kappa shape index (κ2) is 4.67. The summed E-state index contributed by atoms with van der Waals surface area (Å²) >= 11 is 0. The molecule has 2 aromatic carbocycles. The van der Waals surface area contributed by atoms with Crippen LogP contribution in [0.1, 0.15) is 28.7 Å². The molecule has 2 nitrogen and oxygen atoms in total. The zero-order chi connectivity index (χ0) is 13.4. The van der Waals surface area contributed by atoms with Crippen molar-refractivity contribution in [2.75, 3.05) is 6.61 Å². The van der Waals surface area contributed by atoms with Crippen LogP contribution in [0.3, 0.4) is 0 Å². The number of halogens is 1. The van der Waals surface area contributed by atoms with Crippen molar-refractivity contribution in [2.24, 2.45) is 0 Å². The molecule has 2 unspecified atom stereocenters. The van der Waals surface area contributed by atoms with Crippen LogP contribution in [0.2, 0.25) is 0 Å². The first kappa shape index (κ1) is 12.2. The molecule has 0 saturated carbocycles. The maximum atomic E-state index is 13.8. The molecule has 0 aromatic heterocycles. The van der Waals surface area contributed by atoms with Crippen LogP contribution in [0.5, 0.6) is 5.75 Å². The van der Waals surface area contributed by atoms with E-state index in [4.69, 9.17) is 4.74 Å². The van der Waals surface area contributed by atoms with E-state index >= 15 is 0 Å². The second-order valence-corrected chi connectivity index (χ2v) is 4.93. The van der Waals surface area contributed by atoms with Crippen LogP contribution >= 0.6 is 0 Å². The monoisotopic (exact) mass is 258 g/mol. The molecule has 0 saturated heterocycles. The molecule has 0 spiro atoms. The van der Waals surface area contributed by atoms with Gasteiger partial charge in [0.1, 0.15) is 11.6 Å². The largest absolute Gasteiger partial charge is 0.493 e. The Morgan fingerprint density at radius 2 is 2.05 bits per heavy atom. The first-order valence-electron chi connectivity index (χ1n) is 6.32. The Bertz CT molecular complexity index is 609. The standard InChI is InChI=1S/C16H15FO2/c1-10-6-7-14(17)12(8-10)16(18)13-9-19-15-5-3-2-4-11(13)15/h2-8,13,16,18H,9H2,1H3. The Morgan fingerprint density at radius 1 is 1.26 bits per heavy atom. The van der Waals surface area contributed by atoms with Gasteiger partial charge in [-0.2, -0.15) is 0 Å². The number of para-hydroxylation sites is 1. The third-order valence-electron chi connectivity index (χ3n) is 3.59. The van der Waals surface area contributed by atoms with Crippen LogP contribution in [0.4, 0.5) is 4.39 Å². The molecule has 98 valence electrons. The van der Waals surface area contributed by atoms with Crippen LogP contribution in [0.25, 0.3) is 0 Å². The van der Waals surface area contributed by atoms with E-state index in [-0.39, 0.29) is 11.7 Å². The van der Waals surface area contributed by atoms with E-state index in [9.17, 15) is 9.50 Å². The highest BCUT2D eigenvalue weighted by Crippen LogP contribution is 2.41. The van der Waals surface area contributed by atoms with Gasteiger partial charge in [-0.3, -0.25) is 0 Å². The molecule has 0 amide bonds. The summed E-state index contributed by atoms with van der Waals surface area (Å²) in [5.74, 6) is 0.189. The maximum absolute atomic E-state index is 13.8. The fraction of sp³-hybridized carbons (Fsp3) is 0.250. The van der Waals surface area contributed by atoms with Gasteiger partial charge in [0.05, 0.1) is 18.6 Å². The molecule has 1 N–H and O–H groups in total. The molecule has 0 aliphatic carbocycles. The van der Waals surface area contributed by atoms with Crippen LogP contribution in [-0.4, -0.2) is 11.7 Å². The van der Waals surface area contributed by atoms with Crippen molar-refractivity contribution in [1.82, 2.24) is 0 Å². The van der Waals surface area contributed by atoms with Gasteiger partial charge in [-0.15, -0.1) is 0 Å². The molecule has 0 bridgehead atoms. The smallest absolute Gasteiger partial charge is 0.129 e. The number of aliphatic hydroxyl groups is 1. The fourth-order valence-corrected chi connectivity index (χ4v) is 2.56. The topological polar surface area (TPSA) is 29.5 Å². The van der Waals surface area contributed by atoms with Gasteiger partial charge in [0.25, 0.3) is 0 Å². The van der Waals surface area contributed by atoms with E-state index in [0.29, 0.717) is 12.2 Å². The average molecular weight is 258 g/mol. The quantitative estimate of drug-likeness (QED) is 0.895. The predicted molar refractivity (Wildman–Crippen MR) is 70.8 cm³/mol. The van der Waals surface area contributed by atoms with Crippen molar-refractivity contribution >= 4 is 0 Å². The molecule has 1 aliphatic heterocycles. The average Bonchev–Trinajstić information content (AvgIpc) is 2.84. The maximum Gasteiger partial charge on any atom is 0.129 e. The Morgan fingerprint density at radius 3 is 2.89 bits per heavy atom. The number of rotatable bonds is 2. The van der Waals surface area contributed by atoms with E-state index < -0.39 is 6.10 Å². The summed E-state index contributed by atoms with van der Waals surface area (Å²) in [5.41, 5.74) is 2.21. The van der Waals surface area contributed by atoms with Crippen molar-refractivity contribution in [3.63, 3.8) is 0 Å². The zero-order valence-corrected chi connectivity index (χ0v) is 10.6. The minimum Gasteiger partial charge on any atom is -0.493 e. The highest BCUT2D eigenvalue weighted by molar-refractivity contribution is 5.42. The highest BCUT2D eigenvalue weighted by Gasteiger charge is 2.32. The molecule has 3 rings (SSSR count). The van der Waals surface area contributed by atoms with Crippen molar-refractivity contribution in [3.8, 4) is 5.75 Å². The minimum absolute atomic E-state index is 0.215. The lowest BCUT2D eigenvalue weighted by molar-refractivity contribution is 0.126. The molecule has 0 fully saturated rings. The van der Waals surface area contributed by atoms with Crippen molar-refractivity contribution in [1.29, 1.82) is 0 Å². The van der Waals surface area contributed by atoms with Gasteiger partial charge in [0.15, 0.2) is 0 Å². The van der Waals surface area contributed by atoms with E-state index in [1.165, 1.54) is 6.07 Å². The third kappa shape index (κ3) is 2.10. The summed E-state index contributed by atoms with van der Waals surface area (Å²) in [7, 11) is 0. The minimum atomic E-state index is -0.886. The molecular formula is C16H15FO2. The van der Waals surface area contributed by atoms with E-state index in [1.54, 1.807) is 12.1 Å². The molecule has 2 aromatic rings.